The van der Waals surface area contributed by atoms with Crippen LogP contribution in [0.4, 0.5) is 0 Å². The van der Waals surface area contributed by atoms with Crippen LogP contribution in [0, 0.1) is 0 Å². The third kappa shape index (κ3) is 3.85. The first-order chi connectivity index (χ1) is 8.56. The number of carboxylic acids is 1. The highest BCUT2D eigenvalue weighted by atomic mass is 16.5. The second kappa shape index (κ2) is 6.75. The number of hydrogen-bond donors (Lipinski definition) is 2. The molecule has 18 heavy (non-hydrogen) atoms. The van der Waals surface area contributed by atoms with Crippen LogP contribution in [0.25, 0.3) is 0 Å². The van der Waals surface area contributed by atoms with Gasteiger partial charge in [-0.3, -0.25) is 9.48 Å². The Morgan fingerprint density at radius 1 is 1.61 bits per heavy atom. The predicted molar refractivity (Wildman–Crippen MR) is 63.4 cm³/mol. The first-order valence-electron chi connectivity index (χ1n) is 5.60. The molecule has 1 unspecified atom stereocenters. The van der Waals surface area contributed by atoms with Gasteiger partial charge in [0.2, 0.25) is 5.91 Å². The van der Waals surface area contributed by atoms with E-state index in [0.717, 1.165) is 6.42 Å². The number of amides is 1. The van der Waals surface area contributed by atoms with E-state index in [1.807, 2.05) is 0 Å². The summed E-state index contributed by atoms with van der Waals surface area (Å²) in [6.45, 7) is 2.76. The molecule has 7 heteroatoms. The van der Waals surface area contributed by atoms with Crippen molar-refractivity contribution in [2.45, 2.75) is 19.4 Å². The Kier molecular flexibility index (Phi) is 5.31. The number of hydrogen-bond acceptors (Lipinski definition) is 4. The first kappa shape index (κ1) is 14.2. The van der Waals surface area contributed by atoms with Crippen molar-refractivity contribution in [3.8, 4) is 0 Å². The number of nitrogens with one attached hydrogen (secondary N) is 1. The fourth-order valence-corrected chi connectivity index (χ4v) is 1.36. The number of carbonyl (C=O) groups excluding carboxylic acids is 1. The largest absolute Gasteiger partial charge is 0.478 e. The van der Waals surface area contributed by atoms with Gasteiger partial charge in [0.15, 0.2) is 0 Å². The van der Waals surface area contributed by atoms with Crippen molar-refractivity contribution in [3.63, 3.8) is 0 Å². The molecule has 1 heterocycles. The molecule has 0 fully saturated rings. The third-order valence-corrected chi connectivity index (χ3v) is 2.45. The fraction of sp³-hybridized carbons (Fsp3) is 0.545. The maximum atomic E-state index is 11.7. The van der Waals surface area contributed by atoms with Gasteiger partial charge in [0.25, 0.3) is 0 Å². The quantitative estimate of drug-likeness (QED) is 0.683. The maximum Gasteiger partial charge on any atom is 0.338 e. The van der Waals surface area contributed by atoms with E-state index in [9.17, 15) is 9.59 Å². The van der Waals surface area contributed by atoms with Crippen molar-refractivity contribution in [1.29, 1.82) is 0 Å². The van der Waals surface area contributed by atoms with Gasteiger partial charge in [0.05, 0.1) is 11.8 Å². The highest BCUT2D eigenvalue weighted by Crippen LogP contribution is 2.06. The van der Waals surface area contributed by atoms with Gasteiger partial charge in [-0.2, -0.15) is 5.10 Å². The molecule has 0 saturated carbocycles. The smallest absolute Gasteiger partial charge is 0.338 e. The average molecular weight is 255 g/mol. The summed E-state index contributed by atoms with van der Waals surface area (Å²) in [5.74, 6) is -1.26. The lowest BCUT2D eigenvalue weighted by Crippen LogP contribution is -2.32. The predicted octanol–water partition coefficient (Wildman–Crippen LogP) is 0.295. The molecule has 1 aromatic rings. The summed E-state index contributed by atoms with van der Waals surface area (Å²) < 4.78 is 6.19. The molecule has 1 aromatic heterocycles. The molecule has 0 aliphatic rings. The molecule has 0 radical (unpaired) electrons. The number of carboxylic acid groups (broad SMARTS) is 1. The van der Waals surface area contributed by atoms with Crippen molar-refractivity contribution < 1.29 is 19.4 Å². The van der Waals surface area contributed by atoms with Crippen molar-refractivity contribution in [2.75, 3.05) is 20.3 Å². The van der Waals surface area contributed by atoms with Crippen molar-refractivity contribution in [1.82, 2.24) is 15.1 Å². The molecule has 0 aliphatic carbocycles. The van der Waals surface area contributed by atoms with Crippen LogP contribution >= 0.6 is 0 Å². The Morgan fingerprint density at radius 2 is 2.33 bits per heavy atom. The number of aromatic nitrogens is 2. The van der Waals surface area contributed by atoms with Gasteiger partial charge < -0.3 is 15.2 Å². The highest BCUT2D eigenvalue weighted by Gasteiger charge is 2.16. The average Bonchev–Trinajstić information content (AvgIpc) is 2.83. The molecular formula is C11H17N3O4. The molecule has 0 saturated heterocycles. The summed E-state index contributed by atoms with van der Waals surface area (Å²) in [4.78, 5) is 22.4. The van der Waals surface area contributed by atoms with Crippen LogP contribution in [-0.4, -0.2) is 47.0 Å². The molecule has 100 valence electrons. The molecule has 1 amide bonds. The van der Waals surface area contributed by atoms with Crippen LogP contribution < -0.4 is 5.32 Å². The molecule has 0 aromatic carbocycles. The van der Waals surface area contributed by atoms with Crippen LogP contribution in [0.5, 0.6) is 0 Å². The molecule has 0 aliphatic heterocycles. The number of nitrogens with zero attached hydrogens (tertiary/aromatic N) is 2. The molecule has 7 nitrogen and oxygen atoms in total. The SMILES string of the molecule is COCCCNC(=O)C(C)n1cc(C(=O)O)cn1. The van der Waals surface area contributed by atoms with Crippen LogP contribution in [0.3, 0.4) is 0 Å². The number of aromatic carboxylic acids is 1. The lowest BCUT2D eigenvalue weighted by Gasteiger charge is -2.12. The number of carbonyl (C=O) groups is 2. The van der Waals surface area contributed by atoms with Gasteiger partial charge >= 0.3 is 5.97 Å². The molecule has 2 N–H and O–H groups in total. The molecule has 1 rings (SSSR count). The van der Waals surface area contributed by atoms with E-state index in [2.05, 4.69) is 10.4 Å². The minimum atomic E-state index is -1.06. The summed E-state index contributed by atoms with van der Waals surface area (Å²) in [5.41, 5.74) is 0.0639. The monoisotopic (exact) mass is 255 g/mol. The van der Waals surface area contributed by atoms with E-state index >= 15 is 0 Å². The summed E-state index contributed by atoms with van der Waals surface area (Å²) >= 11 is 0. The van der Waals surface area contributed by atoms with E-state index in [1.165, 1.54) is 17.1 Å². The first-order valence-corrected chi connectivity index (χ1v) is 5.60. The van der Waals surface area contributed by atoms with Gasteiger partial charge in [-0.15, -0.1) is 0 Å². The summed E-state index contributed by atoms with van der Waals surface area (Å²) in [6, 6.07) is -0.541. The van der Waals surface area contributed by atoms with E-state index in [4.69, 9.17) is 9.84 Å². The van der Waals surface area contributed by atoms with Gasteiger partial charge in [-0.05, 0) is 13.3 Å². The number of rotatable bonds is 7. The van der Waals surface area contributed by atoms with E-state index < -0.39 is 12.0 Å². The minimum absolute atomic E-state index is 0.0639. The summed E-state index contributed by atoms with van der Waals surface area (Å²) in [5, 5.41) is 15.3. The highest BCUT2D eigenvalue weighted by molar-refractivity contribution is 5.87. The molecule has 0 spiro atoms. The molecule has 0 bridgehead atoms. The van der Waals surface area contributed by atoms with Crippen molar-refractivity contribution in [2.24, 2.45) is 0 Å². The minimum Gasteiger partial charge on any atom is -0.478 e. The van der Waals surface area contributed by atoms with Gasteiger partial charge in [0.1, 0.15) is 6.04 Å². The lowest BCUT2D eigenvalue weighted by molar-refractivity contribution is -0.124. The topological polar surface area (TPSA) is 93.5 Å². The summed E-state index contributed by atoms with van der Waals surface area (Å²) in [6.07, 6.45) is 3.28. The second-order valence-corrected chi connectivity index (χ2v) is 3.83. The maximum absolute atomic E-state index is 11.7. The van der Waals surface area contributed by atoms with Crippen LogP contribution in [0.15, 0.2) is 12.4 Å². The van der Waals surface area contributed by atoms with Crippen LogP contribution in [0.1, 0.15) is 29.7 Å². The van der Waals surface area contributed by atoms with Crippen LogP contribution in [0.2, 0.25) is 0 Å². The zero-order chi connectivity index (χ0) is 13.5. The normalized spacial score (nSPS) is 12.1. The standard InChI is InChI=1S/C11H17N3O4/c1-8(10(15)12-4-3-5-18-2)14-7-9(6-13-14)11(16)17/h6-8H,3-5H2,1-2H3,(H,12,15)(H,16,17). The fourth-order valence-electron chi connectivity index (χ4n) is 1.36. The summed E-state index contributed by atoms with van der Waals surface area (Å²) in [7, 11) is 1.60. The Labute approximate surface area is 105 Å². The zero-order valence-electron chi connectivity index (χ0n) is 10.4. The molecule has 1 atom stereocenters. The zero-order valence-corrected chi connectivity index (χ0v) is 10.4. The van der Waals surface area contributed by atoms with Gasteiger partial charge in [0, 0.05) is 26.5 Å². The third-order valence-electron chi connectivity index (χ3n) is 2.45. The van der Waals surface area contributed by atoms with E-state index in [-0.39, 0.29) is 11.5 Å². The van der Waals surface area contributed by atoms with Crippen molar-refractivity contribution in [3.05, 3.63) is 18.0 Å². The molecular weight excluding hydrogens is 238 g/mol. The Hall–Kier alpha value is -1.89. The van der Waals surface area contributed by atoms with E-state index in [1.54, 1.807) is 14.0 Å². The Balaban J connectivity index is 2.49. The number of ether oxygens (including phenoxy) is 1. The van der Waals surface area contributed by atoms with E-state index in [0.29, 0.717) is 13.2 Å². The van der Waals surface area contributed by atoms with Gasteiger partial charge in [-0.25, -0.2) is 4.79 Å². The van der Waals surface area contributed by atoms with Gasteiger partial charge in [-0.1, -0.05) is 0 Å². The lowest BCUT2D eigenvalue weighted by atomic mass is 10.3. The Morgan fingerprint density at radius 3 is 2.89 bits per heavy atom. The second-order valence-electron chi connectivity index (χ2n) is 3.83. The van der Waals surface area contributed by atoms with Crippen LogP contribution in [-0.2, 0) is 9.53 Å². The number of methoxy groups -OCH3 is 1. The van der Waals surface area contributed by atoms with Crippen molar-refractivity contribution >= 4 is 11.9 Å². The Bertz CT molecular complexity index is 416.